The number of rotatable bonds is 3. The molecule has 17 heavy (non-hydrogen) atoms. The summed E-state index contributed by atoms with van der Waals surface area (Å²) in [5, 5.41) is 3.47. The van der Waals surface area contributed by atoms with E-state index in [1.54, 1.807) is 0 Å². The normalized spacial score (nSPS) is 20.6. The molecule has 96 valence electrons. The smallest absolute Gasteiger partial charge is 0.150 e. The molecule has 1 aromatic rings. The summed E-state index contributed by atoms with van der Waals surface area (Å²) in [7, 11) is -2.74. The van der Waals surface area contributed by atoms with Crippen LogP contribution >= 0.6 is 11.3 Å². The Labute approximate surface area is 107 Å². The van der Waals surface area contributed by atoms with Crippen LogP contribution in [0.5, 0.6) is 0 Å². The minimum atomic E-state index is -2.74. The van der Waals surface area contributed by atoms with Gasteiger partial charge >= 0.3 is 0 Å². The third-order valence-electron chi connectivity index (χ3n) is 3.28. The van der Waals surface area contributed by atoms with Crippen LogP contribution in [0.4, 0.5) is 0 Å². The second-order valence-electron chi connectivity index (χ2n) is 4.75. The van der Waals surface area contributed by atoms with Gasteiger partial charge in [-0.25, -0.2) is 8.42 Å². The van der Waals surface area contributed by atoms with Crippen LogP contribution in [0.1, 0.15) is 28.2 Å². The molecule has 0 radical (unpaired) electrons. The minimum Gasteiger partial charge on any atom is -0.310 e. The van der Waals surface area contributed by atoms with Crippen LogP contribution in [0.15, 0.2) is 6.07 Å². The monoisotopic (exact) mass is 273 g/mol. The van der Waals surface area contributed by atoms with E-state index in [9.17, 15) is 8.42 Å². The van der Waals surface area contributed by atoms with Crippen molar-refractivity contribution in [1.29, 1.82) is 0 Å². The standard InChI is InChI=1S/C12H19NO2S2/c1-9-7-11(10(2)16-9)8-13-12-3-5-17(14,15)6-4-12/h7,12-13H,3-6,8H2,1-2H3. The van der Waals surface area contributed by atoms with Gasteiger partial charge in [0.05, 0.1) is 11.5 Å². The first-order valence-electron chi connectivity index (χ1n) is 5.96. The molecule has 0 bridgehead atoms. The molecular weight excluding hydrogens is 254 g/mol. The van der Waals surface area contributed by atoms with Crippen LogP contribution in [-0.2, 0) is 16.4 Å². The molecule has 0 saturated carbocycles. The second kappa shape index (κ2) is 5.08. The largest absolute Gasteiger partial charge is 0.310 e. The summed E-state index contributed by atoms with van der Waals surface area (Å²) >= 11 is 1.82. The van der Waals surface area contributed by atoms with Gasteiger partial charge < -0.3 is 5.32 Å². The van der Waals surface area contributed by atoms with Gasteiger partial charge in [0.15, 0.2) is 0 Å². The molecular formula is C12H19NO2S2. The van der Waals surface area contributed by atoms with Crippen LogP contribution in [0, 0.1) is 13.8 Å². The zero-order valence-electron chi connectivity index (χ0n) is 10.3. The number of hydrogen-bond donors (Lipinski definition) is 1. The fourth-order valence-corrected chi connectivity index (χ4v) is 4.65. The number of aryl methyl sites for hydroxylation is 2. The summed E-state index contributed by atoms with van der Waals surface area (Å²) < 4.78 is 22.6. The van der Waals surface area contributed by atoms with Gasteiger partial charge in [-0.3, -0.25) is 0 Å². The highest BCUT2D eigenvalue weighted by Gasteiger charge is 2.23. The van der Waals surface area contributed by atoms with E-state index in [0.717, 1.165) is 19.4 Å². The Morgan fingerprint density at radius 1 is 1.35 bits per heavy atom. The molecule has 1 N–H and O–H groups in total. The average molecular weight is 273 g/mol. The van der Waals surface area contributed by atoms with Crippen molar-refractivity contribution in [2.45, 2.75) is 39.3 Å². The molecule has 5 heteroatoms. The third kappa shape index (κ3) is 3.53. The molecule has 1 aliphatic rings. The molecule has 0 amide bonds. The number of thiophene rings is 1. The van der Waals surface area contributed by atoms with Crippen LogP contribution in [0.25, 0.3) is 0 Å². The fourth-order valence-electron chi connectivity index (χ4n) is 2.21. The maximum Gasteiger partial charge on any atom is 0.150 e. The molecule has 2 rings (SSSR count). The van der Waals surface area contributed by atoms with Crippen LogP contribution in [-0.4, -0.2) is 26.0 Å². The van der Waals surface area contributed by atoms with Crippen molar-refractivity contribution in [3.8, 4) is 0 Å². The number of hydrogen-bond acceptors (Lipinski definition) is 4. The fraction of sp³-hybridized carbons (Fsp3) is 0.667. The summed E-state index contributed by atoms with van der Waals surface area (Å²) in [4.78, 5) is 2.70. The van der Waals surface area contributed by atoms with E-state index in [1.807, 2.05) is 11.3 Å². The van der Waals surface area contributed by atoms with Crippen molar-refractivity contribution < 1.29 is 8.42 Å². The summed E-state index contributed by atoms with van der Waals surface area (Å²) in [6, 6.07) is 2.57. The highest BCUT2D eigenvalue weighted by Crippen LogP contribution is 2.21. The Morgan fingerprint density at radius 3 is 2.53 bits per heavy atom. The Balaban J connectivity index is 1.85. The second-order valence-corrected chi connectivity index (χ2v) is 8.51. The molecule has 0 atom stereocenters. The number of sulfone groups is 1. The molecule has 0 unspecified atom stereocenters. The average Bonchev–Trinajstić information content (AvgIpc) is 2.56. The van der Waals surface area contributed by atoms with Crippen LogP contribution < -0.4 is 5.32 Å². The topological polar surface area (TPSA) is 46.2 Å². The van der Waals surface area contributed by atoms with Crippen LogP contribution in [0.3, 0.4) is 0 Å². The van der Waals surface area contributed by atoms with E-state index in [-0.39, 0.29) is 0 Å². The molecule has 1 fully saturated rings. The van der Waals surface area contributed by atoms with Gasteiger partial charge in [-0.05, 0) is 38.3 Å². The zero-order chi connectivity index (χ0) is 12.5. The lowest BCUT2D eigenvalue weighted by Crippen LogP contribution is -2.37. The number of nitrogens with one attached hydrogen (secondary N) is 1. The van der Waals surface area contributed by atoms with Crippen LogP contribution in [0.2, 0.25) is 0 Å². The van der Waals surface area contributed by atoms with E-state index in [2.05, 4.69) is 25.2 Å². The minimum absolute atomic E-state index is 0.340. The lowest BCUT2D eigenvalue weighted by Gasteiger charge is -2.23. The summed E-state index contributed by atoms with van der Waals surface area (Å²) in [6.07, 6.45) is 1.51. The Hall–Kier alpha value is -0.390. The highest BCUT2D eigenvalue weighted by molar-refractivity contribution is 7.91. The van der Waals surface area contributed by atoms with Crippen molar-refractivity contribution in [2.75, 3.05) is 11.5 Å². The molecule has 0 aliphatic carbocycles. The Morgan fingerprint density at radius 2 is 2.00 bits per heavy atom. The van der Waals surface area contributed by atoms with Gasteiger partial charge in [0.1, 0.15) is 9.84 Å². The summed E-state index contributed by atoms with van der Waals surface area (Å²) in [6.45, 7) is 5.12. The first-order chi connectivity index (χ1) is 7.96. The van der Waals surface area contributed by atoms with Crippen molar-refractivity contribution in [1.82, 2.24) is 5.32 Å². The van der Waals surface area contributed by atoms with Crippen molar-refractivity contribution in [3.05, 3.63) is 21.4 Å². The first-order valence-corrected chi connectivity index (χ1v) is 8.60. The van der Waals surface area contributed by atoms with E-state index in [1.165, 1.54) is 15.3 Å². The maximum atomic E-state index is 11.3. The molecule has 3 nitrogen and oxygen atoms in total. The van der Waals surface area contributed by atoms with Crippen molar-refractivity contribution in [3.63, 3.8) is 0 Å². The molecule has 0 aromatic carbocycles. The quantitative estimate of drug-likeness (QED) is 0.916. The molecule has 2 heterocycles. The van der Waals surface area contributed by atoms with Gasteiger partial charge in [0, 0.05) is 22.3 Å². The highest BCUT2D eigenvalue weighted by atomic mass is 32.2. The molecule has 0 spiro atoms. The SMILES string of the molecule is Cc1cc(CNC2CCS(=O)(=O)CC2)c(C)s1. The van der Waals surface area contributed by atoms with Gasteiger partial charge in [0.25, 0.3) is 0 Å². The summed E-state index contributed by atoms with van der Waals surface area (Å²) in [5.74, 6) is 0.679. The lowest BCUT2D eigenvalue weighted by atomic mass is 10.1. The third-order valence-corrected chi connectivity index (χ3v) is 6.00. The summed E-state index contributed by atoms with van der Waals surface area (Å²) in [5.41, 5.74) is 1.35. The first kappa shape index (κ1) is 13.1. The van der Waals surface area contributed by atoms with E-state index in [0.29, 0.717) is 17.5 Å². The van der Waals surface area contributed by atoms with Crippen molar-refractivity contribution >= 4 is 21.2 Å². The molecule has 1 saturated heterocycles. The van der Waals surface area contributed by atoms with E-state index in [4.69, 9.17) is 0 Å². The maximum absolute atomic E-state index is 11.3. The Bertz CT molecular complexity index is 477. The molecule has 1 aromatic heterocycles. The molecule has 1 aliphatic heterocycles. The zero-order valence-corrected chi connectivity index (χ0v) is 12.0. The predicted molar refractivity (Wildman–Crippen MR) is 72.3 cm³/mol. The van der Waals surface area contributed by atoms with E-state index >= 15 is 0 Å². The van der Waals surface area contributed by atoms with E-state index < -0.39 is 9.84 Å². The van der Waals surface area contributed by atoms with Gasteiger partial charge in [-0.1, -0.05) is 0 Å². The Kier molecular flexibility index (Phi) is 3.90. The lowest BCUT2D eigenvalue weighted by molar-refractivity contribution is 0.463. The van der Waals surface area contributed by atoms with Gasteiger partial charge in [-0.15, -0.1) is 11.3 Å². The predicted octanol–water partition coefficient (Wildman–Crippen LogP) is 2.03. The van der Waals surface area contributed by atoms with Gasteiger partial charge in [0.2, 0.25) is 0 Å². The van der Waals surface area contributed by atoms with Crippen molar-refractivity contribution in [2.24, 2.45) is 0 Å². The van der Waals surface area contributed by atoms with Gasteiger partial charge in [-0.2, -0.15) is 0 Å².